The molecule has 13 heteroatoms. The standard InChI is InChI=1S/C43H58N4O9/c1-30(2)26-36(39(49)47(7)37(40(50)51)27-31-21-23-34(24-22-31)54-28-32-16-10-8-11-17-32)46(6)38(48)35(45-42(53)56-43(3,4)5)20-14-15-25-44-41(52)55-29-33-18-12-9-13-19-33/h8-13,16-19,21-24,30,35-37H,14-15,20,25-29H2,1-7H3,(H,44,52)(H,45,53)(H,50,51)/t35-,36-,37-/m0/s1. The molecule has 0 saturated heterocycles. The van der Waals surface area contributed by atoms with Crippen molar-refractivity contribution in [1.29, 1.82) is 0 Å². The molecule has 0 aliphatic rings. The van der Waals surface area contributed by atoms with Crippen LogP contribution in [0, 0.1) is 5.92 Å². The Labute approximate surface area is 330 Å². The van der Waals surface area contributed by atoms with Crippen LogP contribution >= 0.6 is 0 Å². The van der Waals surface area contributed by atoms with Gasteiger partial charge in [0.05, 0.1) is 0 Å². The third-order valence-corrected chi connectivity index (χ3v) is 8.89. The van der Waals surface area contributed by atoms with E-state index in [0.29, 0.717) is 30.8 Å². The number of nitrogens with one attached hydrogen (secondary N) is 2. The Hall–Kier alpha value is -5.59. The molecule has 3 aromatic carbocycles. The van der Waals surface area contributed by atoms with Crippen LogP contribution < -0.4 is 15.4 Å². The number of unbranched alkanes of at least 4 members (excludes halogenated alkanes) is 1. The fourth-order valence-corrected chi connectivity index (χ4v) is 5.88. The highest BCUT2D eigenvalue weighted by Gasteiger charge is 2.37. The molecule has 0 aromatic heterocycles. The lowest BCUT2D eigenvalue weighted by Gasteiger charge is -2.36. The molecule has 0 spiro atoms. The van der Waals surface area contributed by atoms with Gasteiger partial charge >= 0.3 is 18.2 Å². The van der Waals surface area contributed by atoms with Crippen LogP contribution in [0.5, 0.6) is 5.75 Å². The lowest BCUT2D eigenvalue weighted by atomic mass is 9.98. The topological polar surface area (TPSA) is 164 Å². The second-order valence-electron chi connectivity index (χ2n) is 15.2. The monoisotopic (exact) mass is 774 g/mol. The van der Waals surface area contributed by atoms with Crippen molar-refractivity contribution in [2.45, 2.75) is 104 Å². The van der Waals surface area contributed by atoms with Gasteiger partial charge in [0, 0.05) is 27.1 Å². The molecule has 0 fully saturated rings. The zero-order valence-corrected chi connectivity index (χ0v) is 33.7. The maximum absolute atomic E-state index is 14.2. The van der Waals surface area contributed by atoms with Crippen LogP contribution in [0.3, 0.4) is 0 Å². The second-order valence-corrected chi connectivity index (χ2v) is 15.2. The van der Waals surface area contributed by atoms with Crippen LogP contribution in [0.2, 0.25) is 0 Å². The van der Waals surface area contributed by atoms with Gasteiger partial charge in [0.15, 0.2) is 0 Å². The van der Waals surface area contributed by atoms with Gasteiger partial charge in [0.2, 0.25) is 11.8 Å². The largest absolute Gasteiger partial charge is 0.489 e. The molecule has 56 heavy (non-hydrogen) atoms. The third kappa shape index (κ3) is 15.6. The maximum Gasteiger partial charge on any atom is 0.408 e. The van der Waals surface area contributed by atoms with E-state index in [1.54, 1.807) is 45.0 Å². The van der Waals surface area contributed by atoms with Crippen molar-refractivity contribution in [3.63, 3.8) is 0 Å². The number of nitrogens with zero attached hydrogens (tertiary/aromatic N) is 2. The third-order valence-electron chi connectivity index (χ3n) is 8.89. The van der Waals surface area contributed by atoms with Gasteiger partial charge in [-0.15, -0.1) is 0 Å². The zero-order valence-electron chi connectivity index (χ0n) is 33.7. The second kappa shape index (κ2) is 22.1. The highest BCUT2D eigenvalue weighted by Crippen LogP contribution is 2.21. The summed E-state index contributed by atoms with van der Waals surface area (Å²) >= 11 is 0. The minimum atomic E-state index is -1.22. The van der Waals surface area contributed by atoms with E-state index in [-0.39, 0.29) is 38.3 Å². The van der Waals surface area contributed by atoms with E-state index < -0.39 is 53.7 Å². The number of hydrogen-bond acceptors (Lipinski definition) is 8. The molecule has 0 aliphatic heterocycles. The Morgan fingerprint density at radius 1 is 0.714 bits per heavy atom. The van der Waals surface area contributed by atoms with Gasteiger partial charge in [0.25, 0.3) is 0 Å². The highest BCUT2D eigenvalue weighted by atomic mass is 16.6. The number of hydrogen-bond donors (Lipinski definition) is 3. The molecule has 0 aliphatic carbocycles. The van der Waals surface area contributed by atoms with Crippen LogP contribution in [0.15, 0.2) is 84.9 Å². The minimum Gasteiger partial charge on any atom is -0.489 e. The van der Waals surface area contributed by atoms with E-state index in [9.17, 15) is 29.1 Å². The number of benzene rings is 3. The average Bonchev–Trinajstić information content (AvgIpc) is 3.16. The number of ether oxygens (including phenoxy) is 3. The fraction of sp³-hybridized carbons (Fsp3) is 0.465. The van der Waals surface area contributed by atoms with E-state index in [2.05, 4.69) is 10.6 Å². The molecule has 304 valence electrons. The molecule has 3 N–H and O–H groups in total. The number of carbonyl (C=O) groups is 5. The van der Waals surface area contributed by atoms with Crippen molar-refractivity contribution in [2.24, 2.45) is 5.92 Å². The molecule has 0 bridgehead atoms. The summed E-state index contributed by atoms with van der Waals surface area (Å²) in [5.74, 6) is -1.68. The lowest BCUT2D eigenvalue weighted by Crippen LogP contribution is -2.57. The predicted octanol–water partition coefficient (Wildman–Crippen LogP) is 6.58. The van der Waals surface area contributed by atoms with E-state index in [0.717, 1.165) is 11.1 Å². The number of amides is 4. The summed E-state index contributed by atoms with van der Waals surface area (Å²) in [5, 5.41) is 15.6. The summed E-state index contributed by atoms with van der Waals surface area (Å²) in [5.41, 5.74) is 1.74. The van der Waals surface area contributed by atoms with Gasteiger partial charge in [-0.3, -0.25) is 9.59 Å². The van der Waals surface area contributed by atoms with Gasteiger partial charge in [-0.25, -0.2) is 14.4 Å². The number of carbonyl (C=O) groups excluding carboxylic acids is 4. The summed E-state index contributed by atoms with van der Waals surface area (Å²) in [6.07, 6.45) is -0.00137. The van der Waals surface area contributed by atoms with Crippen molar-refractivity contribution < 1.29 is 43.3 Å². The number of likely N-dealkylation sites (N-methyl/N-ethyl adjacent to an activating group) is 2. The summed E-state index contributed by atoms with van der Waals surface area (Å²) in [6, 6.07) is 22.8. The normalized spacial score (nSPS) is 12.8. The van der Waals surface area contributed by atoms with Crippen LogP contribution in [0.25, 0.3) is 0 Å². The van der Waals surface area contributed by atoms with Crippen molar-refractivity contribution in [3.8, 4) is 5.75 Å². The number of alkyl carbamates (subject to hydrolysis) is 2. The first-order valence-corrected chi connectivity index (χ1v) is 19.0. The summed E-state index contributed by atoms with van der Waals surface area (Å²) in [4.78, 5) is 68.4. The highest BCUT2D eigenvalue weighted by molar-refractivity contribution is 5.92. The van der Waals surface area contributed by atoms with E-state index in [4.69, 9.17) is 14.2 Å². The van der Waals surface area contributed by atoms with Gasteiger partial charge in [-0.1, -0.05) is 86.6 Å². The van der Waals surface area contributed by atoms with Gasteiger partial charge < -0.3 is 39.8 Å². The van der Waals surface area contributed by atoms with E-state index in [1.165, 1.54) is 23.9 Å². The Kier molecular flexibility index (Phi) is 17.7. The van der Waals surface area contributed by atoms with Crippen molar-refractivity contribution in [3.05, 3.63) is 102 Å². The zero-order chi connectivity index (χ0) is 41.3. The minimum absolute atomic E-state index is 0.0270. The number of rotatable bonds is 20. The molecular formula is C43H58N4O9. The predicted molar refractivity (Wildman–Crippen MR) is 213 cm³/mol. The molecule has 0 heterocycles. The van der Waals surface area contributed by atoms with Crippen LogP contribution in [-0.2, 0) is 43.5 Å². The van der Waals surface area contributed by atoms with Crippen molar-refractivity contribution in [1.82, 2.24) is 20.4 Å². The Balaban J connectivity index is 1.68. The van der Waals surface area contributed by atoms with Crippen LogP contribution in [-0.4, -0.2) is 89.2 Å². The lowest BCUT2D eigenvalue weighted by molar-refractivity contribution is -0.153. The van der Waals surface area contributed by atoms with Gasteiger partial charge in [-0.05, 0) is 81.2 Å². The molecule has 0 saturated carbocycles. The van der Waals surface area contributed by atoms with Crippen LogP contribution in [0.1, 0.15) is 77.0 Å². The maximum atomic E-state index is 14.2. The Morgan fingerprint density at radius 2 is 1.29 bits per heavy atom. The SMILES string of the molecule is CC(C)C[C@@H](C(=O)N(C)[C@@H](Cc1ccc(OCc2ccccc2)cc1)C(=O)O)N(C)C(=O)[C@H](CCCCNC(=O)OCc1ccccc1)NC(=O)OC(C)(C)C. The van der Waals surface area contributed by atoms with Crippen molar-refractivity contribution >= 4 is 30.0 Å². The molecular weight excluding hydrogens is 716 g/mol. The average molecular weight is 775 g/mol. The number of aliphatic carboxylic acids is 1. The van der Waals surface area contributed by atoms with Crippen LogP contribution in [0.4, 0.5) is 9.59 Å². The van der Waals surface area contributed by atoms with E-state index >= 15 is 0 Å². The molecule has 3 aromatic rings. The Bertz CT molecular complexity index is 1700. The quantitative estimate of drug-likeness (QED) is 0.108. The van der Waals surface area contributed by atoms with Gasteiger partial charge in [0.1, 0.15) is 42.7 Å². The first kappa shape index (κ1) is 44.8. The smallest absolute Gasteiger partial charge is 0.408 e. The molecule has 3 atom stereocenters. The summed E-state index contributed by atoms with van der Waals surface area (Å²) < 4.78 is 16.6. The van der Waals surface area contributed by atoms with E-state index in [1.807, 2.05) is 74.5 Å². The molecule has 0 unspecified atom stereocenters. The molecule has 13 nitrogen and oxygen atoms in total. The molecule has 0 radical (unpaired) electrons. The van der Waals surface area contributed by atoms with Crippen molar-refractivity contribution in [2.75, 3.05) is 20.6 Å². The fourth-order valence-electron chi connectivity index (χ4n) is 5.88. The molecule has 4 amide bonds. The molecule has 3 rings (SSSR count). The van der Waals surface area contributed by atoms with Gasteiger partial charge in [-0.2, -0.15) is 0 Å². The number of carboxylic acid groups (broad SMARTS) is 1. The summed E-state index contributed by atoms with van der Waals surface area (Å²) in [7, 11) is 2.91. The first-order valence-electron chi connectivity index (χ1n) is 19.0. The summed E-state index contributed by atoms with van der Waals surface area (Å²) in [6.45, 7) is 9.72. The number of carboxylic acids is 1. The Morgan fingerprint density at radius 3 is 1.84 bits per heavy atom. The first-order chi connectivity index (χ1) is 26.5.